The van der Waals surface area contributed by atoms with Crippen molar-refractivity contribution in [1.82, 2.24) is 15.0 Å². The van der Waals surface area contributed by atoms with Gasteiger partial charge in [0.2, 0.25) is 0 Å². The molecular weight excluding hydrogens is 238 g/mol. The maximum Gasteiger partial charge on any atom is 0.251 e. The molecule has 0 unspecified atom stereocenters. The molecule has 2 heterocycles. The summed E-state index contributed by atoms with van der Waals surface area (Å²) in [6.07, 6.45) is 1.53. The first-order valence-electron chi connectivity index (χ1n) is 5.29. The Bertz CT molecular complexity index is 575. The average molecular weight is 250 g/mol. The smallest absolute Gasteiger partial charge is 0.251 e. The minimum Gasteiger partial charge on any atom is -0.305 e. The molecule has 0 spiro atoms. The van der Waals surface area contributed by atoms with Gasteiger partial charge < -0.3 is 4.98 Å². The molecule has 17 heavy (non-hydrogen) atoms. The Labute approximate surface area is 104 Å². The lowest BCUT2D eigenvalue weighted by Gasteiger charge is -2.06. The van der Waals surface area contributed by atoms with Crippen LogP contribution in [0.5, 0.6) is 0 Å². The second-order valence-corrected chi connectivity index (χ2v) is 4.47. The second-order valence-electron chi connectivity index (χ2n) is 4.04. The average Bonchev–Trinajstić information content (AvgIpc) is 2.29. The van der Waals surface area contributed by atoms with E-state index in [2.05, 4.69) is 15.0 Å². The van der Waals surface area contributed by atoms with E-state index < -0.39 is 0 Å². The number of aromatic amines is 1. The van der Waals surface area contributed by atoms with Crippen molar-refractivity contribution in [3.63, 3.8) is 0 Å². The fraction of sp³-hybridized carbons (Fsp3) is 0.250. The molecule has 5 heteroatoms. The maximum atomic E-state index is 11.5. The van der Waals surface area contributed by atoms with E-state index >= 15 is 0 Å². The van der Waals surface area contributed by atoms with E-state index in [1.165, 1.54) is 12.3 Å². The Morgan fingerprint density at radius 1 is 1.35 bits per heavy atom. The lowest BCUT2D eigenvalue weighted by atomic mass is 10.1. The number of rotatable bonds is 2. The van der Waals surface area contributed by atoms with Crippen molar-refractivity contribution in [1.29, 1.82) is 0 Å². The Kier molecular flexibility index (Phi) is 3.24. The van der Waals surface area contributed by atoms with Crippen molar-refractivity contribution < 1.29 is 0 Å². The maximum absolute atomic E-state index is 11.5. The van der Waals surface area contributed by atoms with Crippen LogP contribution in [0.3, 0.4) is 0 Å². The van der Waals surface area contributed by atoms with E-state index in [1.807, 2.05) is 13.8 Å². The number of pyridine rings is 1. The Balaban J connectivity index is 2.52. The first-order valence-corrected chi connectivity index (χ1v) is 5.67. The summed E-state index contributed by atoms with van der Waals surface area (Å²) in [6.45, 7) is 3.97. The highest BCUT2D eigenvalue weighted by molar-refractivity contribution is 6.30. The van der Waals surface area contributed by atoms with Gasteiger partial charge in [0.1, 0.15) is 5.69 Å². The molecule has 1 N–H and O–H groups in total. The first-order chi connectivity index (χ1) is 8.06. The zero-order chi connectivity index (χ0) is 12.4. The van der Waals surface area contributed by atoms with Crippen LogP contribution in [-0.4, -0.2) is 15.0 Å². The Hall–Kier alpha value is -1.68. The minimum absolute atomic E-state index is 0.171. The molecule has 4 nitrogen and oxygen atoms in total. The van der Waals surface area contributed by atoms with Gasteiger partial charge in [-0.05, 0) is 18.1 Å². The quantitative estimate of drug-likeness (QED) is 0.890. The minimum atomic E-state index is -0.171. The normalized spacial score (nSPS) is 10.8. The monoisotopic (exact) mass is 249 g/mol. The number of hydrogen-bond donors (Lipinski definition) is 1. The molecule has 88 valence electrons. The summed E-state index contributed by atoms with van der Waals surface area (Å²) >= 11 is 5.76. The van der Waals surface area contributed by atoms with Gasteiger partial charge in [0.05, 0.1) is 10.7 Å². The summed E-state index contributed by atoms with van der Waals surface area (Å²) in [7, 11) is 0. The van der Waals surface area contributed by atoms with E-state index in [4.69, 9.17) is 11.6 Å². The van der Waals surface area contributed by atoms with Gasteiger partial charge in [0.25, 0.3) is 5.56 Å². The third-order valence-corrected chi connectivity index (χ3v) is 2.55. The van der Waals surface area contributed by atoms with Crippen LogP contribution in [0, 0.1) is 0 Å². The molecule has 0 radical (unpaired) electrons. The van der Waals surface area contributed by atoms with Crippen LogP contribution in [0.4, 0.5) is 0 Å². The van der Waals surface area contributed by atoms with Crippen LogP contribution in [0.2, 0.25) is 5.02 Å². The molecule has 0 saturated carbocycles. The fourth-order valence-electron chi connectivity index (χ4n) is 1.41. The third kappa shape index (κ3) is 2.71. The summed E-state index contributed by atoms with van der Waals surface area (Å²) in [5.74, 6) is 0.668. The Morgan fingerprint density at radius 2 is 2.12 bits per heavy atom. The van der Waals surface area contributed by atoms with E-state index in [1.54, 1.807) is 12.1 Å². The zero-order valence-corrected chi connectivity index (χ0v) is 10.3. The van der Waals surface area contributed by atoms with Crippen LogP contribution in [0.25, 0.3) is 11.5 Å². The Morgan fingerprint density at radius 3 is 2.71 bits per heavy atom. The van der Waals surface area contributed by atoms with Crippen LogP contribution in [-0.2, 0) is 0 Å². The predicted molar refractivity (Wildman–Crippen MR) is 67.2 cm³/mol. The topological polar surface area (TPSA) is 58.6 Å². The molecule has 2 aromatic heterocycles. The SMILES string of the molecule is CC(C)c1cc(=O)[nH]c(-c2ccc(Cl)cn2)n1. The molecule has 2 rings (SSSR count). The number of halogens is 1. The van der Waals surface area contributed by atoms with E-state index in [0.29, 0.717) is 16.5 Å². The highest BCUT2D eigenvalue weighted by atomic mass is 35.5. The van der Waals surface area contributed by atoms with Gasteiger partial charge in [-0.1, -0.05) is 25.4 Å². The van der Waals surface area contributed by atoms with Crippen molar-refractivity contribution >= 4 is 11.6 Å². The molecule has 0 saturated heterocycles. The van der Waals surface area contributed by atoms with Gasteiger partial charge >= 0.3 is 0 Å². The van der Waals surface area contributed by atoms with E-state index in [9.17, 15) is 4.79 Å². The van der Waals surface area contributed by atoms with Gasteiger partial charge in [0, 0.05) is 12.3 Å². The molecule has 0 aliphatic heterocycles. The van der Waals surface area contributed by atoms with Gasteiger partial charge in [0.15, 0.2) is 5.82 Å². The number of nitrogens with zero attached hydrogens (tertiary/aromatic N) is 2. The van der Waals surface area contributed by atoms with Crippen LogP contribution in [0.1, 0.15) is 25.5 Å². The summed E-state index contributed by atoms with van der Waals surface area (Å²) in [5, 5.41) is 0.552. The zero-order valence-electron chi connectivity index (χ0n) is 9.57. The van der Waals surface area contributed by atoms with Crippen LogP contribution in [0.15, 0.2) is 29.2 Å². The van der Waals surface area contributed by atoms with Gasteiger partial charge in [-0.15, -0.1) is 0 Å². The predicted octanol–water partition coefficient (Wildman–Crippen LogP) is 2.61. The standard InChI is InChI=1S/C12H12ClN3O/c1-7(2)10-5-11(17)16-12(15-10)9-4-3-8(13)6-14-9/h3-7H,1-2H3,(H,15,16,17). The molecule has 0 aromatic carbocycles. The molecule has 0 amide bonds. The van der Waals surface area contributed by atoms with Gasteiger partial charge in [-0.25, -0.2) is 4.98 Å². The van der Waals surface area contributed by atoms with Crippen molar-refractivity contribution in [2.24, 2.45) is 0 Å². The van der Waals surface area contributed by atoms with E-state index in [-0.39, 0.29) is 11.5 Å². The van der Waals surface area contributed by atoms with Crippen molar-refractivity contribution in [3.05, 3.63) is 45.5 Å². The molecule has 0 fully saturated rings. The second kappa shape index (κ2) is 4.67. The molecule has 0 atom stereocenters. The first kappa shape index (κ1) is 11.8. The summed E-state index contributed by atoms with van der Waals surface area (Å²) < 4.78 is 0. The number of hydrogen-bond acceptors (Lipinski definition) is 3. The molecule has 0 bridgehead atoms. The summed E-state index contributed by atoms with van der Waals surface area (Å²) in [5.41, 5.74) is 1.19. The van der Waals surface area contributed by atoms with Crippen molar-refractivity contribution in [3.8, 4) is 11.5 Å². The van der Waals surface area contributed by atoms with Crippen molar-refractivity contribution in [2.75, 3.05) is 0 Å². The van der Waals surface area contributed by atoms with Crippen LogP contribution < -0.4 is 5.56 Å². The molecule has 0 aliphatic carbocycles. The third-order valence-electron chi connectivity index (χ3n) is 2.32. The number of nitrogens with one attached hydrogen (secondary N) is 1. The summed E-state index contributed by atoms with van der Waals surface area (Å²) in [4.78, 5) is 22.7. The number of aromatic nitrogens is 3. The fourth-order valence-corrected chi connectivity index (χ4v) is 1.52. The van der Waals surface area contributed by atoms with E-state index in [0.717, 1.165) is 5.69 Å². The molecular formula is C12H12ClN3O. The largest absolute Gasteiger partial charge is 0.305 e. The lowest BCUT2D eigenvalue weighted by molar-refractivity contribution is 0.811. The highest BCUT2D eigenvalue weighted by Gasteiger charge is 2.07. The summed E-state index contributed by atoms with van der Waals surface area (Å²) in [6, 6.07) is 4.95. The highest BCUT2D eigenvalue weighted by Crippen LogP contribution is 2.16. The van der Waals surface area contributed by atoms with Gasteiger partial charge in [-0.3, -0.25) is 9.78 Å². The molecule has 0 aliphatic rings. The van der Waals surface area contributed by atoms with Crippen LogP contribution >= 0.6 is 11.6 Å². The number of H-pyrrole nitrogens is 1. The molecule has 2 aromatic rings. The lowest BCUT2D eigenvalue weighted by Crippen LogP contribution is -2.11. The van der Waals surface area contributed by atoms with Crippen molar-refractivity contribution in [2.45, 2.75) is 19.8 Å². The van der Waals surface area contributed by atoms with Gasteiger partial charge in [-0.2, -0.15) is 0 Å².